The Morgan fingerprint density at radius 2 is 2.14 bits per heavy atom. The molecule has 0 saturated heterocycles. The molecule has 0 radical (unpaired) electrons. The van der Waals surface area contributed by atoms with Gasteiger partial charge in [0.1, 0.15) is 6.61 Å². The number of carbonyl (C=O) groups is 1. The Morgan fingerprint density at radius 1 is 1.36 bits per heavy atom. The molecule has 0 N–H and O–H groups in total. The van der Waals surface area contributed by atoms with Crippen LogP contribution < -0.4 is 9.61 Å². The molecule has 0 atom stereocenters. The normalized spacial score (nSPS) is 10.5. The fraction of sp³-hybridized carbons (Fsp3) is 0.333. The number of hydrogen-bond donors (Lipinski definition) is 0. The third-order valence-corrected chi connectivity index (χ3v) is 3.71. The molecular weight excluding hydrogens is 309 g/mol. The van der Waals surface area contributed by atoms with Crippen molar-refractivity contribution in [2.24, 2.45) is 0 Å². The highest BCUT2D eigenvalue weighted by atomic mass is 32.1. The Kier molecular flexibility index (Phi) is 5.71. The van der Waals surface area contributed by atoms with Crippen molar-refractivity contribution in [3.05, 3.63) is 50.8 Å². The van der Waals surface area contributed by atoms with E-state index < -0.39 is 5.82 Å². The van der Waals surface area contributed by atoms with Crippen molar-refractivity contribution >= 4 is 17.3 Å². The van der Waals surface area contributed by atoms with Crippen LogP contribution in [0.5, 0.6) is 5.75 Å². The number of esters is 1. The van der Waals surface area contributed by atoms with Crippen molar-refractivity contribution in [1.29, 1.82) is 0 Å². The number of hydrogen-bond acceptors (Lipinski definition) is 5. The number of benzene rings is 1. The van der Waals surface area contributed by atoms with Gasteiger partial charge in [0.05, 0.1) is 19.6 Å². The van der Waals surface area contributed by atoms with Crippen LogP contribution in [0.4, 0.5) is 4.39 Å². The van der Waals surface area contributed by atoms with Crippen LogP contribution in [0.2, 0.25) is 0 Å². The third-order valence-electron chi connectivity index (χ3n) is 2.90. The molecule has 1 heterocycles. The Labute approximate surface area is 130 Å². The number of aromatic nitrogens is 1. The monoisotopic (exact) mass is 325 g/mol. The summed E-state index contributed by atoms with van der Waals surface area (Å²) in [6.45, 7) is 2.39. The van der Waals surface area contributed by atoms with Gasteiger partial charge in [0.15, 0.2) is 11.6 Å². The summed E-state index contributed by atoms with van der Waals surface area (Å²) in [4.78, 5) is 23.1. The molecule has 0 aliphatic heterocycles. The van der Waals surface area contributed by atoms with E-state index in [4.69, 9.17) is 9.47 Å². The first-order chi connectivity index (χ1) is 10.6. The van der Waals surface area contributed by atoms with Crippen molar-refractivity contribution in [3.63, 3.8) is 0 Å². The predicted molar refractivity (Wildman–Crippen MR) is 80.8 cm³/mol. The predicted octanol–water partition coefficient (Wildman–Crippen LogP) is 2.23. The van der Waals surface area contributed by atoms with Gasteiger partial charge in [-0.05, 0) is 19.1 Å². The topological polar surface area (TPSA) is 57.5 Å². The lowest BCUT2D eigenvalue weighted by atomic mass is 10.3. The van der Waals surface area contributed by atoms with Gasteiger partial charge >= 0.3 is 10.8 Å². The molecule has 0 aliphatic rings. The van der Waals surface area contributed by atoms with Crippen LogP contribution in [-0.2, 0) is 22.5 Å². The number of carbonyl (C=O) groups excluding carboxylic acids is 1. The summed E-state index contributed by atoms with van der Waals surface area (Å²) in [5.41, 5.74) is 0.575. The fourth-order valence-corrected chi connectivity index (χ4v) is 2.69. The molecular formula is C15H16FNO4S. The molecule has 2 rings (SSSR count). The minimum Gasteiger partial charge on any atom is -0.489 e. The molecule has 0 amide bonds. The number of thiazole rings is 1. The summed E-state index contributed by atoms with van der Waals surface area (Å²) in [5.74, 6) is -0.700. The Balaban J connectivity index is 1.98. The van der Waals surface area contributed by atoms with E-state index in [1.54, 1.807) is 24.4 Å². The van der Waals surface area contributed by atoms with E-state index in [0.717, 1.165) is 11.3 Å². The average Bonchev–Trinajstić information content (AvgIpc) is 2.82. The standard InChI is InChI=1S/C15H16FNO4S/c1-2-20-14(18)9-11-10-22-15(19)17(11)7-8-21-13-6-4-3-5-12(13)16/h3-6,10H,2,7-9H2,1H3. The van der Waals surface area contributed by atoms with Crippen LogP contribution in [0.25, 0.3) is 0 Å². The molecule has 0 unspecified atom stereocenters. The molecule has 5 nitrogen and oxygen atoms in total. The molecule has 0 bridgehead atoms. The van der Waals surface area contributed by atoms with Crippen LogP contribution in [0, 0.1) is 5.82 Å². The zero-order chi connectivity index (χ0) is 15.9. The smallest absolute Gasteiger partial charge is 0.311 e. The summed E-state index contributed by atoms with van der Waals surface area (Å²) >= 11 is 1.01. The molecule has 0 fully saturated rings. The maximum absolute atomic E-state index is 13.4. The fourth-order valence-electron chi connectivity index (χ4n) is 1.90. The molecule has 2 aromatic rings. The zero-order valence-corrected chi connectivity index (χ0v) is 12.9. The summed E-state index contributed by atoms with van der Waals surface area (Å²) in [5, 5.41) is 1.63. The highest BCUT2D eigenvalue weighted by molar-refractivity contribution is 7.07. The summed E-state index contributed by atoms with van der Waals surface area (Å²) < 4.78 is 25.1. The van der Waals surface area contributed by atoms with E-state index in [2.05, 4.69) is 0 Å². The number of rotatable bonds is 7. The van der Waals surface area contributed by atoms with Crippen molar-refractivity contribution in [1.82, 2.24) is 4.57 Å². The first-order valence-corrected chi connectivity index (χ1v) is 7.70. The number of halogens is 1. The van der Waals surface area contributed by atoms with E-state index >= 15 is 0 Å². The molecule has 22 heavy (non-hydrogen) atoms. The van der Waals surface area contributed by atoms with Gasteiger partial charge in [-0.2, -0.15) is 0 Å². The SMILES string of the molecule is CCOC(=O)Cc1csc(=O)n1CCOc1ccccc1F. The molecule has 0 aliphatic carbocycles. The van der Waals surface area contributed by atoms with Gasteiger partial charge in [0.2, 0.25) is 0 Å². The second-order valence-corrected chi connectivity index (χ2v) is 5.23. The van der Waals surface area contributed by atoms with Crippen LogP contribution in [0.1, 0.15) is 12.6 Å². The van der Waals surface area contributed by atoms with E-state index in [9.17, 15) is 14.0 Å². The van der Waals surface area contributed by atoms with E-state index in [-0.39, 0.29) is 36.2 Å². The molecule has 7 heteroatoms. The Morgan fingerprint density at radius 3 is 2.86 bits per heavy atom. The second-order valence-electron chi connectivity index (χ2n) is 4.41. The highest BCUT2D eigenvalue weighted by Gasteiger charge is 2.12. The maximum Gasteiger partial charge on any atom is 0.311 e. The molecule has 1 aromatic carbocycles. The number of nitrogens with zero attached hydrogens (tertiary/aromatic N) is 1. The summed E-state index contributed by atoms with van der Waals surface area (Å²) in [6, 6.07) is 6.06. The minimum absolute atomic E-state index is 0.0340. The Bertz CT molecular complexity index is 695. The number of ether oxygens (including phenoxy) is 2. The van der Waals surface area contributed by atoms with E-state index in [1.165, 1.54) is 16.7 Å². The minimum atomic E-state index is -0.452. The van der Waals surface area contributed by atoms with Crippen molar-refractivity contribution in [3.8, 4) is 5.75 Å². The lowest BCUT2D eigenvalue weighted by Crippen LogP contribution is -2.22. The van der Waals surface area contributed by atoms with E-state index in [1.807, 2.05) is 0 Å². The first-order valence-electron chi connectivity index (χ1n) is 6.82. The molecule has 0 saturated carbocycles. The van der Waals surface area contributed by atoms with Crippen molar-refractivity contribution in [2.45, 2.75) is 19.9 Å². The van der Waals surface area contributed by atoms with Crippen LogP contribution in [0.15, 0.2) is 34.4 Å². The highest BCUT2D eigenvalue weighted by Crippen LogP contribution is 2.15. The second kappa shape index (κ2) is 7.74. The lowest BCUT2D eigenvalue weighted by molar-refractivity contribution is -0.142. The Hall–Kier alpha value is -2.15. The quantitative estimate of drug-likeness (QED) is 0.733. The largest absolute Gasteiger partial charge is 0.489 e. The van der Waals surface area contributed by atoms with E-state index in [0.29, 0.717) is 12.3 Å². The molecule has 1 aromatic heterocycles. The van der Waals surface area contributed by atoms with Crippen molar-refractivity contribution in [2.75, 3.05) is 13.2 Å². The zero-order valence-electron chi connectivity index (χ0n) is 12.1. The van der Waals surface area contributed by atoms with Crippen LogP contribution >= 0.6 is 11.3 Å². The van der Waals surface area contributed by atoms with Gasteiger partial charge in [-0.25, -0.2) is 4.39 Å². The molecule has 0 spiro atoms. The molecule has 118 valence electrons. The van der Waals surface area contributed by atoms with Crippen LogP contribution in [-0.4, -0.2) is 23.8 Å². The average molecular weight is 325 g/mol. The van der Waals surface area contributed by atoms with Gasteiger partial charge in [-0.1, -0.05) is 23.5 Å². The van der Waals surface area contributed by atoms with Gasteiger partial charge in [0.25, 0.3) is 0 Å². The van der Waals surface area contributed by atoms with Crippen LogP contribution in [0.3, 0.4) is 0 Å². The number of para-hydroxylation sites is 1. The summed E-state index contributed by atoms with van der Waals surface area (Å²) in [6.07, 6.45) is 0.0340. The first kappa shape index (κ1) is 16.2. The van der Waals surface area contributed by atoms with Crippen molar-refractivity contribution < 1.29 is 18.7 Å². The lowest BCUT2D eigenvalue weighted by Gasteiger charge is -2.09. The van der Waals surface area contributed by atoms with Gasteiger partial charge < -0.3 is 9.47 Å². The van der Waals surface area contributed by atoms with Gasteiger partial charge in [-0.3, -0.25) is 14.2 Å². The van der Waals surface area contributed by atoms with Gasteiger partial charge in [0, 0.05) is 11.1 Å². The summed E-state index contributed by atoms with van der Waals surface area (Å²) in [7, 11) is 0. The third kappa shape index (κ3) is 4.17. The maximum atomic E-state index is 13.4. The van der Waals surface area contributed by atoms with Gasteiger partial charge in [-0.15, -0.1) is 0 Å².